The van der Waals surface area contributed by atoms with Crippen molar-refractivity contribution in [3.63, 3.8) is 0 Å². The van der Waals surface area contributed by atoms with Crippen molar-refractivity contribution in [2.45, 2.75) is 25.5 Å². The minimum atomic E-state index is 0.295. The highest BCUT2D eigenvalue weighted by atomic mass is 35.5. The van der Waals surface area contributed by atoms with Crippen LogP contribution in [-0.4, -0.2) is 22.2 Å². The quantitative estimate of drug-likeness (QED) is 0.644. The molecule has 18 heavy (non-hydrogen) atoms. The van der Waals surface area contributed by atoms with Crippen LogP contribution in [0, 0.1) is 0 Å². The van der Waals surface area contributed by atoms with Crippen LogP contribution in [0.5, 0.6) is 0 Å². The molecule has 0 saturated heterocycles. The summed E-state index contributed by atoms with van der Waals surface area (Å²) in [6, 6.07) is 7.51. The van der Waals surface area contributed by atoms with E-state index in [1.165, 1.54) is 0 Å². The smallest absolute Gasteiger partial charge is 0.170 e. The minimum Gasteiger partial charge on any atom is -0.362 e. The molecule has 0 heterocycles. The summed E-state index contributed by atoms with van der Waals surface area (Å²) >= 11 is 13.0. The Hall–Kier alpha value is -0.450. The van der Waals surface area contributed by atoms with E-state index >= 15 is 0 Å². The molecule has 0 aliphatic heterocycles. The second kappa shape index (κ2) is 7.22. The fourth-order valence-corrected chi connectivity index (χ4v) is 2.49. The van der Waals surface area contributed by atoms with Gasteiger partial charge in [0.25, 0.3) is 0 Å². The minimum absolute atomic E-state index is 0.295. The molecule has 5 heteroatoms. The molecular formula is C13H19ClN2S2. The fraction of sp³-hybridized carbons (Fsp3) is 0.462. The van der Waals surface area contributed by atoms with Gasteiger partial charge in [0, 0.05) is 27.8 Å². The highest BCUT2D eigenvalue weighted by Crippen LogP contribution is 2.22. The van der Waals surface area contributed by atoms with Gasteiger partial charge >= 0.3 is 0 Å². The predicted molar refractivity (Wildman–Crippen MR) is 87.9 cm³/mol. The SMILES string of the molecule is CC(C)(C)SCCNC(=S)Nc1cccc(Cl)c1. The molecule has 0 fully saturated rings. The van der Waals surface area contributed by atoms with E-state index in [1.54, 1.807) is 0 Å². The highest BCUT2D eigenvalue weighted by Gasteiger charge is 2.09. The van der Waals surface area contributed by atoms with Gasteiger partial charge in [-0.3, -0.25) is 0 Å². The molecular weight excluding hydrogens is 284 g/mol. The summed E-state index contributed by atoms with van der Waals surface area (Å²) < 4.78 is 0.295. The molecule has 0 amide bonds. The van der Waals surface area contributed by atoms with Gasteiger partial charge in [-0.1, -0.05) is 38.4 Å². The first-order chi connectivity index (χ1) is 8.37. The van der Waals surface area contributed by atoms with Crippen molar-refractivity contribution >= 4 is 46.4 Å². The van der Waals surface area contributed by atoms with Crippen molar-refractivity contribution in [1.29, 1.82) is 0 Å². The number of rotatable bonds is 4. The van der Waals surface area contributed by atoms with Gasteiger partial charge in [0.2, 0.25) is 0 Å². The standard InChI is InChI=1S/C13H19ClN2S2/c1-13(2,3)18-8-7-15-12(17)16-11-6-4-5-10(14)9-11/h4-6,9H,7-8H2,1-3H3,(H2,15,16,17). The lowest BCUT2D eigenvalue weighted by atomic mass is 10.3. The van der Waals surface area contributed by atoms with E-state index in [-0.39, 0.29) is 0 Å². The van der Waals surface area contributed by atoms with Crippen molar-refractivity contribution in [1.82, 2.24) is 5.32 Å². The summed E-state index contributed by atoms with van der Waals surface area (Å²) in [4.78, 5) is 0. The highest BCUT2D eigenvalue weighted by molar-refractivity contribution is 8.00. The Morgan fingerprint density at radius 2 is 2.11 bits per heavy atom. The molecule has 2 N–H and O–H groups in total. The van der Waals surface area contributed by atoms with Gasteiger partial charge in [-0.15, -0.1) is 0 Å². The lowest BCUT2D eigenvalue weighted by Crippen LogP contribution is -2.30. The maximum atomic E-state index is 5.90. The zero-order valence-electron chi connectivity index (χ0n) is 10.9. The monoisotopic (exact) mass is 302 g/mol. The lowest BCUT2D eigenvalue weighted by molar-refractivity contribution is 0.800. The summed E-state index contributed by atoms with van der Waals surface area (Å²) in [5.74, 6) is 1.03. The van der Waals surface area contributed by atoms with Crippen LogP contribution in [-0.2, 0) is 0 Å². The van der Waals surface area contributed by atoms with Crippen molar-refractivity contribution in [2.75, 3.05) is 17.6 Å². The second-order valence-corrected chi connectivity index (χ2v) is 7.62. The van der Waals surface area contributed by atoms with Crippen LogP contribution >= 0.6 is 35.6 Å². The number of thioether (sulfide) groups is 1. The molecule has 0 radical (unpaired) electrons. The number of thiocarbonyl (C=S) groups is 1. The molecule has 0 aromatic heterocycles. The summed E-state index contributed by atoms with van der Waals surface area (Å²) in [5.41, 5.74) is 0.906. The van der Waals surface area contributed by atoms with Crippen molar-refractivity contribution < 1.29 is 0 Å². The normalized spacial score (nSPS) is 11.1. The predicted octanol–water partition coefficient (Wildman–Crippen LogP) is 4.16. The first-order valence-electron chi connectivity index (χ1n) is 5.81. The van der Waals surface area contributed by atoms with Gasteiger partial charge in [0.05, 0.1) is 0 Å². The summed E-state index contributed by atoms with van der Waals surface area (Å²) in [6.07, 6.45) is 0. The number of benzene rings is 1. The van der Waals surface area contributed by atoms with Crippen LogP contribution in [0.25, 0.3) is 0 Å². The molecule has 0 aliphatic carbocycles. The zero-order valence-corrected chi connectivity index (χ0v) is 13.3. The van der Waals surface area contributed by atoms with Crippen molar-refractivity contribution in [3.05, 3.63) is 29.3 Å². The molecule has 0 spiro atoms. The van der Waals surface area contributed by atoms with Crippen LogP contribution in [0.2, 0.25) is 5.02 Å². The first kappa shape index (κ1) is 15.6. The van der Waals surface area contributed by atoms with Crippen LogP contribution in [0.15, 0.2) is 24.3 Å². The fourth-order valence-electron chi connectivity index (χ4n) is 1.26. The summed E-state index contributed by atoms with van der Waals surface area (Å²) in [7, 11) is 0. The van der Waals surface area contributed by atoms with E-state index < -0.39 is 0 Å². The number of halogens is 1. The topological polar surface area (TPSA) is 24.1 Å². The first-order valence-corrected chi connectivity index (χ1v) is 7.58. The van der Waals surface area contributed by atoms with Gasteiger partial charge in [-0.25, -0.2) is 0 Å². The third kappa shape index (κ3) is 7.09. The molecule has 1 aromatic rings. The van der Waals surface area contributed by atoms with Gasteiger partial charge in [0.15, 0.2) is 5.11 Å². The molecule has 1 rings (SSSR count). The maximum absolute atomic E-state index is 5.90. The number of nitrogens with one attached hydrogen (secondary N) is 2. The Morgan fingerprint density at radius 3 is 2.72 bits per heavy atom. The number of anilines is 1. The largest absolute Gasteiger partial charge is 0.362 e. The third-order valence-electron chi connectivity index (χ3n) is 2.01. The van der Waals surface area contributed by atoms with Gasteiger partial charge in [0.1, 0.15) is 0 Å². The van der Waals surface area contributed by atoms with Gasteiger partial charge in [-0.2, -0.15) is 11.8 Å². The Labute approximate surface area is 124 Å². The molecule has 2 nitrogen and oxygen atoms in total. The Balaban J connectivity index is 2.26. The number of hydrogen-bond acceptors (Lipinski definition) is 2. The van der Waals surface area contributed by atoms with E-state index in [2.05, 4.69) is 31.4 Å². The summed E-state index contributed by atoms with van der Waals surface area (Å²) in [5, 5.41) is 7.62. The number of hydrogen-bond donors (Lipinski definition) is 2. The molecule has 0 atom stereocenters. The zero-order chi connectivity index (χ0) is 13.6. The van der Waals surface area contributed by atoms with E-state index in [4.69, 9.17) is 23.8 Å². The van der Waals surface area contributed by atoms with Crippen LogP contribution in [0.3, 0.4) is 0 Å². The van der Waals surface area contributed by atoms with Crippen LogP contribution in [0.4, 0.5) is 5.69 Å². The molecule has 100 valence electrons. The molecule has 0 bridgehead atoms. The van der Waals surface area contributed by atoms with Crippen molar-refractivity contribution in [2.24, 2.45) is 0 Å². The van der Waals surface area contributed by atoms with Gasteiger partial charge < -0.3 is 10.6 Å². The van der Waals surface area contributed by atoms with E-state index in [0.717, 1.165) is 18.0 Å². The Bertz CT molecular complexity index is 402. The lowest BCUT2D eigenvalue weighted by Gasteiger charge is -2.18. The molecule has 0 aliphatic rings. The molecule has 0 saturated carbocycles. The van der Waals surface area contributed by atoms with Gasteiger partial charge in [-0.05, 0) is 30.4 Å². The Kier molecular flexibility index (Phi) is 6.26. The maximum Gasteiger partial charge on any atom is 0.170 e. The van der Waals surface area contributed by atoms with E-state index in [9.17, 15) is 0 Å². The van der Waals surface area contributed by atoms with Crippen LogP contribution < -0.4 is 10.6 Å². The third-order valence-corrected chi connectivity index (χ3v) is 3.76. The molecule has 1 aromatic carbocycles. The Morgan fingerprint density at radius 1 is 1.39 bits per heavy atom. The second-order valence-electron chi connectivity index (χ2n) is 4.85. The summed E-state index contributed by atoms with van der Waals surface area (Å²) in [6.45, 7) is 7.48. The van der Waals surface area contributed by atoms with Crippen LogP contribution in [0.1, 0.15) is 20.8 Å². The van der Waals surface area contributed by atoms with Crippen molar-refractivity contribution in [3.8, 4) is 0 Å². The van der Waals surface area contributed by atoms with E-state index in [1.807, 2.05) is 36.0 Å². The molecule has 0 unspecified atom stereocenters. The average Bonchev–Trinajstić information content (AvgIpc) is 2.23. The average molecular weight is 303 g/mol. The van der Waals surface area contributed by atoms with E-state index in [0.29, 0.717) is 14.9 Å².